The number of esters is 1. The van der Waals surface area contributed by atoms with Crippen LogP contribution in [0.15, 0.2) is 50.8 Å². The number of nitro benzene ring substituents is 1. The molecule has 1 unspecified atom stereocenters. The summed E-state index contributed by atoms with van der Waals surface area (Å²) in [6.07, 6.45) is 0. The molecule has 0 bridgehead atoms. The third-order valence-electron chi connectivity index (χ3n) is 3.42. The Labute approximate surface area is 160 Å². The molecule has 2 aromatic rings. The molecule has 0 aliphatic rings. The lowest BCUT2D eigenvalue weighted by molar-refractivity contribution is -0.384. The van der Waals surface area contributed by atoms with Gasteiger partial charge >= 0.3 is 5.97 Å². The second-order valence-electron chi connectivity index (χ2n) is 5.63. The van der Waals surface area contributed by atoms with Gasteiger partial charge in [-0.3, -0.25) is 14.9 Å². The number of benzene rings is 1. The van der Waals surface area contributed by atoms with E-state index in [2.05, 4.69) is 0 Å². The van der Waals surface area contributed by atoms with E-state index in [0.29, 0.717) is 4.90 Å². The van der Waals surface area contributed by atoms with E-state index in [4.69, 9.17) is 9.15 Å². The van der Waals surface area contributed by atoms with Gasteiger partial charge < -0.3 is 9.15 Å². The van der Waals surface area contributed by atoms with E-state index >= 15 is 0 Å². The summed E-state index contributed by atoms with van der Waals surface area (Å²) in [5.74, 6) is -0.317. The monoisotopic (exact) mass is 414 g/mol. The lowest BCUT2D eigenvalue weighted by Crippen LogP contribution is -2.21. The van der Waals surface area contributed by atoms with Crippen LogP contribution in [0.2, 0.25) is 0 Å². The van der Waals surface area contributed by atoms with Gasteiger partial charge in [0.25, 0.3) is 15.7 Å². The van der Waals surface area contributed by atoms with Crippen LogP contribution in [0.25, 0.3) is 0 Å². The molecule has 0 spiro atoms. The number of thioether (sulfide) groups is 1. The van der Waals surface area contributed by atoms with Gasteiger partial charge in [0.15, 0.2) is 0 Å². The van der Waals surface area contributed by atoms with Crippen LogP contribution in [0, 0.1) is 10.1 Å². The van der Waals surface area contributed by atoms with E-state index in [-0.39, 0.29) is 23.1 Å². The summed E-state index contributed by atoms with van der Waals surface area (Å²) in [5.41, 5.74) is -0.0316. The Morgan fingerprint density at radius 3 is 2.44 bits per heavy atom. The predicted octanol–water partition coefficient (Wildman–Crippen LogP) is 2.66. The zero-order valence-electron chi connectivity index (χ0n) is 14.8. The van der Waals surface area contributed by atoms with Crippen LogP contribution in [-0.2, 0) is 26.2 Å². The Morgan fingerprint density at radius 2 is 1.89 bits per heavy atom. The number of non-ortho nitro benzene ring substituents is 1. The van der Waals surface area contributed by atoms with Crippen LogP contribution in [0.4, 0.5) is 5.69 Å². The molecular weight excluding hydrogens is 396 g/mol. The molecule has 1 aromatic carbocycles. The molecule has 0 saturated heterocycles. The molecule has 0 N–H and O–H groups in total. The number of rotatable bonds is 8. The van der Waals surface area contributed by atoms with Gasteiger partial charge in [-0.1, -0.05) is 0 Å². The number of hydrogen-bond acceptors (Lipinski definition) is 8. The second kappa shape index (κ2) is 8.55. The number of ether oxygens (including phenoxy) is 1. The average Bonchev–Trinajstić information content (AvgIpc) is 3.09. The number of furan rings is 1. The Bertz CT molecular complexity index is 921. The molecule has 146 valence electrons. The molecule has 27 heavy (non-hydrogen) atoms. The van der Waals surface area contributed by atoms with Crippen LogP contribution >= 0.6 is 11.8 Å². The van der Waals surface area contributed by atoms with Crippen LogP contribution in [0.1, 0.15) is 12.7 Å². The van der Waals surface area contributed by atoms with Crippen molar-refractivity contribution in [2.75, 3.05) is 14.1 Å². The van der Waals surface area contributed by atoms with Gasteiger partial charge in [-0.2, -0.15) is 0 Å². The standard InChI is InChI=1S/C16H18N2O7S2/c1-11(26-14-7-4-12(5-8-14)18(20)21)16(19)24-10-13-6-9-15(25-13)27(22,23)17(2)3/h4-9,11H,10H2,1-3H3. The van der Waals surface area contributed by atoms with E-state index in [9.17, 15) is 23.3 Å². The minimum atomic E-state index is -3.69. The van der Waals surface area contributed by atoms with E-state index in [0.717, 1.165) is 4.31 Å². The number of sulfonamides is 1. The Balaban J connectivity index is 1.91. The van der Waals surface area contributed by atoms with E-state index in [1.807, 2.05) is 0 Å². The van der Waals surface area contributed by atoms with Crippen LogP contribution in [0.5, 0.6) is 0 Å². The van der Waals surface area contributed by atoms with Crippen molar-refractivity contribution in [1.29, 1.82) is 0 Å². The Hall–Kier alpha value is -2.37. The molecule has 2 rings (SSSR count). The smallest absolute Gasteiger partial charge is 0.319 e. The SMILES string of the molecule is CC(Sc1ccc([N+](=O)[O-])cc1)C(=O)OCc1ccc(S(=O)(=O)N(C)C)o1. The molecule has 0 aliphatic carbocycles. The van der Waals surface area contributed by atoms with Gasteiger partial charge in [-0.05, 0) is 31.2 Å². The minimum Gasteiger partial charge on any atom is -0.457 e. The first-order valence-electron chi connectivity index (χ1n) is 7.70. The fourth-order valence-corrected chi connectivity index (χ4v) is 3.59. The van der Waals surface area contributed by atoms with Crippen LogP contribution < -0.4 is 0 Å². The predicted molar refractivity (Wildman–Crippen MR) is 97.8 cm³/mol. The number of nitrogens with zero attached hydrogens (tertiary/aromatic N) is 2. The van der Waals surface area contributed by atoms with Crippen LogP contribution in [-0.4, -0.2) is 43.0 Å². The van der Waals surface area contributed by atoms with Gasteiger partial charge in [0.05, 0.1) is 4.92 Å². The molecule has 11 heteroatoms. The van der Waals surface area contributed by atoms with Gasteiger partial charge in [0.1, 0.15) is 17.6 Å². The molecule has 1 aromatic heterocycles. The maximum atomic E-state index is 12.1. The van der Waals surface area contributed by atoms with Gasteiger partial charge in [0, 0.05) is 31.1 Å². The summed E-state index contributed by atoms with van der Waals surface area (Å²) >= 11 is 1.19. The summed E-state index contributed by atoms with van der Waals surface area (Å²) in [7, 11) is -0.920. The summed E-state index contributed by atoms with van der Waals surface area (Å²) < 4.78 is 35.3. The Kier molecular flexibility index (Phi) is 6.63. The molecule has 1 atom stereocenters. The maximum Gasteiger partial charge on any atom is 0.319 e. The highest BCUT2D eigenvalue weighted by Crippen LogP contribution is 2.26. The molecule has 0 saturated carbocycles. The number of hydrogen-bond donors (Lipinski definition) is 0. The highest BCUT2D eigenvalue weighted by atomic mass is 32.2. The van der Waals surface area contributed by atoms with Crippen molar-refractivity contribution in [1.82, 2.24) is 4.31 Å². The summed E-state index contributed by atoms with van der Waals surface area (Å²) in [4.78, 5) is 22.9. The Morgan fingerprint density at radius 1 is 1.26 bits per heavy atom. The fourth-order valence-electron chi connectivity index (χ4n) is 1.91. The number of nitro groups is 1. The van der Waals surface area contributed by atoms with Crippen molar-refractivity contribution in [3.63, 3.8) is 0 Å². The van der Waals surface area contributed by atoms with E-state index < -0.39 is 26.2 Å². The number of carbonyl (C=O) groups excluding carboxylic acids is 1. The zero-order valence-corrected chi connectivity index (χ0v) is 16.5. The van der Waals surface area contributed by atoms with E-state index in [1.54, 1.807) is 19.1 Å². The van der Waals surface area contributed by atoms with Crippen molar-refractivity contribution in [3.8, 4) is 0 Å². The molecule has 0 radical (unpaired) electrons. The third-order valence-corrected chi connectivity index (χ3v) is 6.20. The topological polar surface area (TPSA) is 120 Å². The molecule has 1 heterocycles. The van der Waals surface area contributed by atoms with Crippen molar-refractivity contribution in [3.05, 3.63) is 52.3 Å². The van der Waals surface area contributed by atoms with Crippen LogP contribution in [0.3, 0.4) is 0 Å². The lowest BCUT2D eigenvalue weighted by atomic mass is 10.3. The highest BCUT2D eigenvalue weighted by Gasteiger charge is 2.22. The van der Waals surface area contributed by atoms with Crippen molar-refractivity contribution < 1.29 is 27.3 Å². The number of carbonyl (C=O) groups is 1. The largest absolute Gasteiger partial charge is 0.457 e. The van der Waals surface area contributed by atoms with Gasteiger partial charge in [-0.25, -0.2) is 12.7 Å². The summed E-state index contributed by atoms with van der Waals surface area (Å²) in [6, 6.07) is 8.55. The molecule has 0 fully saturated rings. The quantitative estimate of drug-likeness (QED) is 0.280. The zero-order chi connectivity index (χ0) is 20.2. The maximum absolute atomic E-state index is 12.1. The van der Waals surface area contributed by atoms with Crippen molar-refractivity contribution in [2.24, 2.45) is 0 Å². The first-order chi connectivity index (χ1) is 12.6. The summed E-state index contributed by atoms with van der Waals surface area (Å²) in [6.45, 7) is 1.44. The average molecular weight is 414 g/mol. The summed E-state index contributed by atoms with van der Waals surface area (Å²) in [5, 5.41) is 9.85. The van der Waals surface area contributed by atoms with Crippen molar-refractivity contribution >= 4 is 33.4 Å². The second-order valence-corrected chi connectivity index (χ2v) is 9.12. The van der Waals surface area contributed by atoms with Gasteiger partial charge in [-0.15, -0.1) is 11.8 Å². The molecule has 0 amide bonds. The van der Waals surface area contributed by atoms with Crippen molar-refractivity contribution in [2.45, 2.75) is 28.8 Å². The first kappa shape index (κ1) is 20.9. The third kappa shape index (κ3) is 5.31. The molecule has 9 nitrogen and oxygen atoms in total. The van der Waals surface area contributed by atoms with E-state index in [1.165, 1.54) is 50.1 Å². The highest BCUT2D eigenvalue weighted by molar-refractivity contribution is 8.00. The molecular formula is C16H18N2O7S2. The fraction of sp³-hybridized carbons (Fsp3) is 0.312. The lowest BCUT2D eigenvalue weighted by Gasteiger charge is -2.10. The molecule has 0 aliphatic heterocycles. The minimum absolute atomic E-state index is 0.0316. The van der Waals surface area contributed by atoms with Gasteiger partial charge in [0.2, 0.25) is 5.09 Å². The normalized spacial score (nSPS) is 12.7. The first-order valence-corrected chi connectivity index (χ1v) is 10.0.